The first-order chi connectivity index (χ1) is 14.8. The number of nitrogens with zero attached hydrogens (tertiary/aromatic N) is 1. The van der Waals surface area contributed by atoms with Crippen LogP contribution >= 0.6 is 0 Å². The van der Waals surface area contributed by atoms with Crippen LogP contribution in [0.4, 0.5) is 14.4 Å². The number of aliphatic hydroxyl groups excluding tert-OH is 1. The van der Waals surface area contributed by atoms with Crippen LogP contribution in [0.5, 0.6) is 0 Å². The molecule has 0 heterocycles. The summed E-state index contributed by atoms with van der Waals surface area (Å²) < 4.78 is 15.8. The van der Waals surface area contributed by atoms with Crippen LogP contribution in [0, 0.1) is 0 Å². The molecule has 1 rings (SSSR count). The smallest absolute Gasteiger partial charge is 0.419 e. The molecule has 9 nitrogen and oxygen atoms in total. The molecule has 0 aliphatic heterocycles. The molecule has 0 bridgehead atoms. The molecule has 0 aliphatic carbocycles. The summed E-state index contributed by atoms with van der Waals surface area (Å²) in [5, 5.41) is 12.1. The third kappa shape index (κ3) is 11.5. The number of hydrogen-bond donors (Lipinski definition) is 2. The summed E-state index contributed by atoms with van der Waals surface area (Å²) in [7, 11) is 0. The Balaban J connectivity index is 2.70. The van der Waals surface area contributed by atoms with E-state index in [0.717, 1.165) is 10.5 Å². The van der Waals surface area contributed by atoms with Gasteiger partial charge in [-0.05, 0) is 59.9 Å². The molecule has 0 spiro atoms. The molecule has 0 aliphatic rings. The van der Waals surface area contributed by atoms with Crippen LogP contribution in [-0.4, -0.2) is 58.7 Å². The zero-order valence-electron chi connectivity index (χ0n) is 19.8. The van der Waals surface area contributed by atoms with Gasteiger partial charge in [-0.1, -0.05) is 30.3 Å². The van der Waals surface area contributed by atoms with Crippen LogP contribution in [0.2, 0.25) is 0 Å². The number of carbonyl (C=O) groups excluding carboxylic acids is 3. The Morgan fingerprint density at radius 2 is 1.56 bits per heavy atom. The lowest BCUT2D eigenvalue weighted by Crippen LogP contribution is -2.43. The normalized spacial score (nSPS) is 12.5. The fourth-order valence-electron chi connectivity index (χ4n) is 2.55. The lowest BCUT2D eigenvalue weighted by Gasteiger charge is -2.26. The standard InChI is InChI=1S/C23H36N2O7/c1-22(2,3)31-19(27)24-18(15-26)13-10-14-25(21(29)32-23(4,5)6)20(28)30-16-17-11-8-7-9-12-17/h7-9,11-12,18,26H,10,13-16H2,1-6H3,(H,24,27)/t18-/m0/s1. The van der Waals surface area contributed by atoms with Crippen molar-refractivity contribution in [3.05, 3.63) is 35.9 Å². The maximum atomic E-state index is 12.6. The van der Waals surface area contributed by atoms with Gasteiger partial charge in [-0.2, -0.15) is 0 Å². The number of ether oxygens (including phenoxy) is 3. The lowest BCUT2D eigenvalue weighted by molar-refractivity contribution is 0.0200. The number of rotatable bonds is 8. The quantitative estimate of drug-likeness (QED) is 0.567. The minimum absolute atomic E-state index is 0.00493. The van der Waals surface area contributed by atoms with Crippen LogP contribution in [0.1, 0.15) is 59.9 Å². The number of alkyl carbamates (subject to hydrolysis) is 1. The topological polar surface area (TPSA) is 114 Å². The molecular weight excluding hydrogens is 416 g/mol. The highest BCUT2D eigenvalue weighted by atomic mass is 16.6. The molecule has 1 aromatic carbocycles. The van der Waals surface area contributed by atoms with Gasteiger partial charge in [-0.25, -0.2) is 19.3 Å². The molecular formula is C23H36N2O7. The van der Waals surface area contributed by atoms with E-state index in [1.165, 1.54) is 0 Å². The van der Waals surface area contributed by atoms with Crippen molar-refractivity contribution >= 4 is 18.3 Å². The second-order valence-corrected chi connectivity index (χ2v) is 9.34. The van der Waals surface area contributed by atoms with Crippen molar-refractivity contribution in [2.45, 2.75) is 78.2 Å². The van der Waals surface area contributed by atoms with Crippen LogP contribution < -0.4 is 5.32 Å². The van der Waals surface area contributed by atoms with E-state index in [9.17, 15) is 19.5 Å². The lowest BCUT2D eigenvalue weighted by atomic mass is 10.1. The summed E-state index contributed by atoms with van der Waals surface area (Å²) in [6.45, 7) is 10.00. The van der Waals surface area contributed by atoms with Crippen molar-refractivity contribution in [1.29, 1.82) is 0 Å². The van der Waals surface area contributed by atoms with Gasteiger partial charge in [-0.15, -0.1) is 0 Å². The van der Waals surface area contributed by atoms with Gasteiger partial charge in [0, 0.05) is 6.54 Å². The van der Waals surface area contributed by atoms with Gasteiger partial charge in [0.25, 0.3) is 0 Å². The Morgan fingerprint density at radius 1 is 0.969 bits per heavy atom. The predicted molar refractivity (Wildman–Crippen MR) is 119 cm³/mol. The Labute approximate surface area is 190 Å². The van der Waals surface area contributed by atoms with Crippen LogP contribution in [-0.2, 0) is 20.8 Å². The summed E-state index contributed by atoms with van der Waals surface area (Å²) >= 11 is 0. The van der Waals surface area contributed by atoms with Crippen molar-refractivity contribution in [2.75, 3.05) is 13.2 Å². The van der Waals surface area contributed by atoms with E-state index < -0.39 is 35.5 Å². The van der Waals surface area contributed by atoms with Gasteiger partial charge < -0.3 is 24.6 Å². The molecule has 180 valence electrons. The van der Waals surface area contributed by atoms with Crippen molar-refractivity contribution in [3.8, 4) is 0 Å². The molecule has 1 aromatic rings. The van der Waals surface area contributed by atoms with Gasteiger partial charge in [0.15, 0.2) is 0 Å². The molecule has 9 heteroatoms. The molecule has 0 saturated carbocycles. The molecule has 0 aromatic heterocycles. The summed E-state index contributed by atoms with van der Waals surface area (Å²) in [6.07, 6.45) is -1.69. The Kier molecular flexibility index (Phi) is 10.5. The van der Waals surface area contributed by atoms with E-state index in [4.69, 9.17) is 14.2 Å². The van der Waals surface area contributed by atoms with Crippen LogP contribution in [0.25, 0.3) is 0 Å². The van der Waals surface area contributed by atoms with Crippen LogP contribution in [0.15, 0.2) is 30.3 Å². The van der Waals surface area contributed by atoms with Gasteiger partial charge in [0.05, 0.1) is 12.6 Å². The van der Waals surface area contributed by atoms with Gasteiger partial charge in [-0.3, -0.25) is 0 Å². The minimum atomic E-state index is -0.830. The number of benzene rings is 1. The number of nitrogens with one attached hydrogen (secondary N) is 1. The van der Waals surface area contributed by atoms with E-state index in [1.54, 1.807) is 53.7 Å². The average molecular weight is 453 g/mol. The Morgan fingerprint density at radius 3 is 2.09 bits per heavy atom. The van der Waals surface area contributed by atoms with Crippen LogP contribution in [0.3, 0.4) is 0 Å². The maximum Gasteiger partial charge on any atom is 0.419 e. The summed E-state index contributed by atoms with van der Waals surface area (Å²) in [4.78, 5) is 37.9. The molecule has 1 atom stereocenters. The summed E-state index contributed by atoms with van der Waals surface area (Å²) in [5.41, 5.74) is -0.673. The third-order valence-electron chi connectivity index (χ3n) is 3.91. The first-order valence-electron chi connectivity index (χ1n) is 10.6. The van der Waals surface area contributed by atoms with E-state index in [2.05, 4.69) is 5.32 Å². The van der Waals surface area contributed by atoms with Gasteiger partial charge >= 0.3 is 18.3 Å². The second kappa shape index (κ2) is 12.3. The first-order valence-corrected chi connectivity index (χ1v) is 10.6. The number of aliphatic hydroxyl groups is 1. The van der Waals surface area contributed by atoms with Crippen molar-refractivity contribution in [1.82, 2.24) is 10.2 Å². The minimum Gasteiger partial charge on any atom is -0.444 e. The van der Waals surface area contributed by atoms with Crippen molar-refractivity contribution < 1.29 is 33.7 Å². The molecule has 0 saturated heterocycles. The highest BCUT2D eigenvalue weighted by Gasteiger charge is 2.28. The zero-order chi connectivity index (χ0) is 24.4. The molecule has 32 heavy (non-hydrogen) atoms. The Bertz CT molecular complexity index is 739. The van der Waals surface area contributed by atoms with E-state index in [1.807, 2.05) is 18.2 Å². The first kappa shape index (κ1) is 27.2. The summed E-state index contributed by atoms with van der Waals surface area (Å²) in [5.74, 6) is 0. The monoisotopic (exact) mass is 452 g/mol. The highest BCUT2D eigenvalue weighted by Crippen LogP contribution is 2.13. The van der Waals surface area contributed by atoms with Crippen molar-refractivity contribution in [3.63, 3.8) is 0 Å². The Hall–Kier alpha value is -2.81. The molecule has 0 radical (unpaired) electrons. The molecule has 2 N–H and O–H groups in total. The number of carbonyl (C=O) groups is 3. The number of hydrogen-bond acceptors (Lipinski definition) is 7. The van der Waals surface area contributed by atoms with Crippen molar-refractivity contribution in [2.24, 2.45) is 0 Å². The number of amides is 3. The molecule has 0 unspecified atom stereocenters. The number of imide groups is 1. The fourth-order valence-corrected chi connectivity index (χ4v) is 2.55. The predicted octanol–water partition coefficient (Wildman–Crippen LogP) is 4.23. The van der Waals surface area contributed by atoms with E-state index in [-0.39, 0.29) is 19.8 Å². The largest absolute Gasteiger partial charge is 0.444 e. The zero-order valence-corrected chi connectivity index (χ0v) is 19.8. The van der Waals surface area contributed by atoms with E-state index >= 15 is 0 Å². The maximum absolute atomic E-state index is 12.6. The summed E-state index contributed by atoms with van der Waals surface area (Å²) in [6, 6.07) is 8.51. The SMILES string of the molecule is CC(C)(C)OC(=O)N[C@H](CO)CCCN(C(=O)OCc1ccccc1)C(=O)OC(C)(C)C. The fraction of sp³-hybridized carbons (Fsp3) is 0.609. The highest BCUT2D eigenvalue weighted by molar-refractivity contribution is 5.87. The average Bonchev–Trinajstić information content (AvgIpc) is 2.66. The third-order valence-corrected chi connectivity index (χ3v) is 3.91. The van der Waals surface area contributed by atoms with Gasteiger partial charge in [0.1, 0.15) is 17.8 Å². The van der Waals surface area contributed by atoms with Gasteiger partial charge in [0.2, 0.25) is 0 Å². The molecule has 0 fully saturated rings. The van der Waals surface area contributed by atoms with E-state index in [0.29, 0.717) is 12.8 Å². The second-order valence-electron chi connectivity index (χ2n) is 9.34. The molecule has 3 amide bonds.